The van der Waals surface area contributed by atoms with Gasteiger partial charge in [-0.1, -0.05) is 219 Å². The standard InChI is InChI=1S/C65H107NO10/c1-4-7-10-13-16-19-22-25-27-29-30-31-33-35-38-41-44-47-50-53-60(70)76-63-62(72)61(71)59(54-67)75-65(63)74-55-56(57(68)51-48-45-42-39-36-24-21-18-15-12-9-6-3)66-64(73)58(69)52-49-46-43-40-37-34-32-28-26-23-20-17-14-11-8-5-2/h8,11,16-17,19-20,25-28,30-31,34-35,37-38,43,46,48,51,56-59,61-63,65,67-69,71-72H,4-7,9-10,12-15,18,21-24,29,32-33,36,39-42,44-45,47,49-50,52-55H2,1-3H3,(H,66,73)/b11-8-,19-16-,20-17-,27-25-,28-26-,31-30-,37-34-,38-35-,46-43-,51-48+. The predicted octanol–water partition coefficient (Wildman–Crippen LogP) is 13.9. The normalized spacial score (nSPS) is 20.0. The van der Waals surface area contributed by atoms with Gasteiger partial charge in [0, 0.05) is 6.42 Å². The zero-order chi connectivity index (χ0) is 55.4. The van der Waals surface area contributed by atoms with Crippen LogP contribution in [0.4, 0.5) is 0 Å². The third-order valence-electron chi connectivity index (χ3n) is 13.1. The molecule has 1 fully saturated rings. The Morgan fingerprint density at radius 1 is 0.526 bits per heavy atom. The number of hydrogen-bond acceptors (Lipinski definition) is 10. The summed E-state index contributed by atoms with van der Waals surface area (Å²) in [7, 11) is 0. The Morgan fingerprint density at radius 2 is 0.947 bits per heavy atom. The van der Waals surface area contributed by atoms with Gasteiger partial charge in [-0.15, -0.1) is 0 Å². The molecule has 76 heavy (non-hydrogen) atoms. The number of unbranched alkanes of at least 4 members (excludes halogenated alkanes) is 16. The minimum Gasteiger partial charge on any atom is -0.454 e. The number of allylic oxidation sites excluding steroid dienone is 19. The number of hydrogen-bond donors (Lipinski definition) is 6. The smallest absolute Gasteiger partial charge is 0.306 e. The predicted molar refractivity (Wildman–Crippen MR) is 314 cm³/mol. The minimum atomic E-state index is -1.64. The molecule has 0 aromatic heterocycles. The van der Waals surface area contributed by atoms with Gasteiger partial charge in [0.25, 0.3) is 0 Å². The Balaban J connectivity index is 2.78. The molecule has 1 aliphatic rings. The van der Waals surface area contributed by atoms with Gasteiger partial charge in [0.1, 0.15) is 24.4 Å². The van der Waals surface area contributed by atoms with Crippen LogP contribution >= 0.6 is 0 Å². The second kappa shape index (κ2) is 51.8. The van der Waals surface area contributed by atoms with Crippen molar-refractivity contribution in [2.75, 3.05) is 13.2 Å². The highest BCUT2D eigenvalue weighted by atomic mass is 16.7. The summed E-state index contributed by atoms with van der Waals surface area (Å²) >= 11 is 0. The third kappa shape index (κ3) is 39.4. The average molecular weight is 1060 g/mol. The van der Waals surface area contributed by atoms with E-state index in [4.69, 9.17) is 14.2 Å². The number of nitrogens with one attached hydrogen (secondary N) is 1. The van der Waals surface area contributed by atoms with E-state index in [0.29, 0.717) is 12.8 Å². The van der Waals surface area contributed by atoms with Gasteiger partial charge in [0.15, 0.2) is 12.4 Å². The Morgan fingerprint density at radius 3 is 1.45 bits per heavy atom. The van der Waals surface area contributed by atoms with E-state index in [0.717, 1.165) is 103 Å². The first kappa shape index (κ1) is 70.1. The largest absolute Gasteiger partial charge is 0.454 e. The molecule has 0 spiro atoms. The van der Waals surface area contributed by atoms with Gasteiger partial charge in [-0.3, -0.25) is 9.59 Å². The molecule has 8 unspecified atom stereocenters. The van der Waals surface area contributed by atoms with Crippen molar-refractivity contribution in [1.29, 1.82) is 0 Å². The lowest BCUT2D eigenvalue weighted by molar-refractivity contribution is -0.305. The van der Waals surface area contributed by atoms with Crippen LogP contribution in [0.15, 0.2) is 122 Å². The van der Waals surface area contributed by atoms with Crippen LogP contribution < -0.4 is 5.32 Å². The summed E-state index contributed by atoms with van der Waals surface area (Å²) in [4.78, 5) is 26.5. The topological polar surface area (TPSA) is 175 Å². The summed E-state index contributed by atoms with van der Waals surface area (Å²) in [6.45, 7) is 5.57. The van der Waals surface area contributed by atoms with Crippen molar-refractivity contribution in [1.82, 2.24) is 5.32 Å². The van der Waals surface area contributed by atoms with Crippen molar-refractivity contribution < 1.29 is 49.3 Å². The van der Waals surface area contributed by atoms with Gasteiger partial charge in [0.2, 0.25) is 5.91 Å². The first-order valence-electron chi connectivity index (χ1n) is 29.8. The molecule has 11 heteroatoms. The number of amides is 1. The van der Waals surface area contributed by atoms with Crippen molar-refractivity contribution in [2.45, 2.75) is 262 Å². The molecule has 1 aliphatic heterocycles. The molecule has 11 nitrogen and oxygen atoms in total. The van der Waals surface area contributed by atoms with E-state index in [1.54, 1.807) is 6.08 Å². The SMILES string of the molecule is CC/C=C\C/C=C\C/C=C\C/C=C\C/C=C\CCC(O)C(=O)NC(COC1OC(CO)C(O)C(O)C1OC(=O)CCCCC/C=C\C/C=C\C/C=C\C/C=C\CCCCC)C(O)/C=C/CCCCCCCCCCCC. The van der Waals surface area contributed by atoms with Crippen LogP contribution in [-0.2, 0) is 23.8 Å². The monoisotopic (exact) mass is 1060 g/mol. The van der Waals surface area contributed by atoms with Crippen molar-refractivity contribution in [3.8, 4) is 0 Å². The zero-order valence-corrected chi connectivity index (χ0v) is 47.6. The summed E-state index contributed by atoms with van der Waals surface area (Å²) in [6, 6.07) is -1.07. The van der Waals surface area contributed by atoms with Crippen LogP contribution in [0.1, 0.15) is 213 Å². The quantitative estimate of drug-likeness (QED) is 0.0195. The number of carbonyl (C=O) groups is 2. The van der Waals surface area contributed by atoms with Gasteiger partial charge in [-0.05, 0) is 109 Å². The number of carbonyl (C=O) groups excluding carboxylic acids is 2. The van der Waals surface area contributed by atoms with E-state index in [2.05, 4.69) is 123 Å². The molecule has 1 amide bonds. The molecular weight excluding hydrogens is 955 g/mol. The van der Waals surface area contributed by atoms with Gasteiger partial charge < -0.3 is 45.1 Å². The van der Waals surface area contributed by atoms with Crippen molar-refractivity contribution in [3.63, 3.8) is 0 Å². The molecule has 0 aliphatic carbocycles. The van der Waals surface area contributed by atoms with Crippen LogP contribution in [-0.4, -0.2) is 99.6 Å². The fourth-order valence-corrected chi connectivity index (χ4v) is 8.37. The maximum absolute atomic E-state index is 13.4. The molecule has 0 saturated carbocycles. The lowest BCUT2D eigenvalue weighted by atomic mass is 9.99. The lowest BCUT2D eigenvalue weighted by Crippen LogP contribution is -2.61. The fraction of sp³-hybridized carbons (Fsp3) is 0.662. The Kier molecular flexibility index (Phi) is 47.8. The average Bonchev–Trinajstić information content (AvgIpc) is 3.42. The van der Waals surface area contributed by atoms with E-state index in [-0.39, 0.29) is 19.4 Å². The Hall–Kier alpha value is -3.94. The van der Waals surface area contributed by atoms with E-state index >= 15 is 0 Å². The maximum Gasteiger partial charge on any atom is 0.306 e. The highest BCUT2D eigenvalue weighted by molar-refractivity contribution is 5.80. The number of aliphatic hydroxyl groups is 5. The summed E-state index contributed by atoms with van der Waals surface area (Å²) in [5.74, 6) is -1.30. The van der Waals surface area contributed by atoms with Crippen LogP contribution in [0.25, 0.3) is 0 Å². The molecule has 432 valence electrons. The molecule has 8 atom stereocenters. The maximum atomic E-state index is 13.4. The molecular formula is C65H107NO10. The number of ether oxygens (including phenoxy) is 3. The third-order valence-corrected chi connectivity index (χ3v) is 13.1. The summed E-state index contributed by atoms with van der Waals surface area (Å²) < 4.78 is 17.5. The number of aliphatic hydroxyl groups excluding tert-OH is 5. The first-order chi connectivity index (χ1) is 37.2. The molecule has 6 N–H and O–H groups in total. The summed E-state index contributed by atoms with van der Waals surface area (Å²) in [5, 5.41) is 56.8. The molecule has 1 rings (SSSR count). The van der Waals surface area contributed by atoms with E-state index in [1.807, 2.05) is 18.2 Å². The van der Waals surface area contributed by atoms with Crippen molar-refractivity contribution >= 4 is 11.9 Å². The van der Waals surface area contributed by atoms with Crippen LogP contribution in [0, 0.1) is 0 Å². The van der Waals surface area contributed by atoms with Crippen molar-refractivity contribution in [3.05, 3.63) is 122 Å². The second-order valence-electron chi connectivity index (χ2n) is 20.0. The van der Waals surface area contributed by atoms with Crippen molar-refractivity contribution in [2.24, 2.45) is 0 Å². The molecule has 0 aromatic carbocycles. The molecule has 1 heterocycles. The fourth-order valence-electron chi connectivity index (χ4n) is 8.37. The van der Waals surface area contributed by atoms with Gasteiger partial charge in [-0.2, -0.15) is 0 Å². The number of esters is 1. The zero-order valence-electron chi connectivity index (χ0n) is 47.6. The van der Waals surface area contributed by atoms with E-state index in [9.17, 15) is 35.1 Å². The van der Waals surface area contributed by atoms with Gasteiger partial charge >= 0.3 is 5.97 Å². The highest BCUT2D eigenvalue weighted by Crippen LogP contribution is 2.26. The van der Waals surface area contributed by atoms with Gasteiger partial charge in [-0.25, -0.2) is 0 Å². The van der Waals surface area contributed by atoms with Crippen LogP contribution in [0.3, 0.4) is 0 Å². The van der Waals surface area contributed by atoms with Gasteiger partial charge in [0.05, 0.1) is 25.4 Å². The Bertz CT molecular complexity index is 1690. The molecule has 0 aromatic rings. The summed E-state index contributed by atoms with van der Waals surface area (Å²) in [6.07, 6.45) is 61.0. The van der Waals surface area contributed by atoms with Crippen LogP contribution in [0.5, 0.6) is 0 Å². The first-order valence-corrected chi connectivity index (χ1v) is 29.8. The molecule has 1 saturated heterocycles. The second-order valence-corrected chi connectivity index (χ2v) is 20.0. The van der Waals surface area contributed by atoms with E-state index < -0.39 is 67.4 Å². The molecule has 0 radical (unpaired) electrons. The van der Waals surface area contributed by atoms with Crippen LogP contribution in [0.2, 0.25) is 0 Å². The summed E-state index contributed by atoms with van der Waals surface area (Å²) in [5.41, 5.74) is 0. The lowest BCUT2D eigenvalue weighted by Gasteiger charge is -2.41. The highest BCUT2D eigenvalue weighted by Gasteiger charge is 2.47. The minimum absolute atomic E-state index is 0.0723. The number of rotatable bonds is 48. The molecule has 0 bridgehead atoms. The van der Waals surface area contributed by atoms with E-state index in [1.165, 1.54) is 64.2 Å². The Labute approximate surface area is 461 Å².